The van der Waals surface area contributed by atoms with Crippen LogP contribution in [0, 0.1) is 0 Å². The zero-order valence-corrected chi connectivity index (χ0v) is 7.76. The Kier molecular flexibility index (Phi) is 4.15. The first-order valence-corrected chi connectivity index (χ1v) is 4.58. The van der Waals surface area contributed by atoms with Crippen LogP contribution in [0.5, 0.6) is 0 Å². The van der Waals surface area contributed by atoms with Crippen molar-refractivity contribution >= 4 is 0 Å². The van der Waals surface area contributed by atoms with Crippen molar-refractivity contribution in [2.45, 2.75) is 25.2 Å². The van der Waals surface area contributed by atoms with E-state index in [4.69, 9.17) is 9.84 Å². The number of ether oxygens (including phenoxy) is 1. The van der Waals surface area contributed by atoms with Gasteiger partial charge >= 0.3 is 6.30 Å². The summed E-state index contributed by atoms with van der Waals surface area (Å²) >= 11 is 0. The molecule has 3 nitrogen and oxygen atoms in total. The van der Waals surface area contributed by atoms with Crippen molar-refractivity contribution in [1.29, 1.82) is 0 Å². The summed E-state index contributed by atoms with van der Waals surface area (Å²) in [5, 5.41) is 8.41. The van der Waals surface area contributed by atoms with Crippen LogP contribution < -0.4 is 0 Å². The fraction of sp³-hybridized carbons (Fsp3) is 1.00. The van der Waals surface area contributed by atoms with E-state index in [-0.39, 0.29) is 26.4 Å². The molecule has 1 unspecified atom stereocenters. The Morgan fingerprint density at radius 2 is 2.14 bits per heavy atom. The normalized spacial score (nSPS) is 24.4. The lowest BCUT2D eigenvalue weighted by atomic mass is 10.2. The maximum atomic E-state index is 12.3. The van der Waals surface area contributed by atoms with E-state index in [9.17, 15) is 13.2 Å². The number of alkyl halides is 3. The van der Waals surface area contributed by atoms with Crippen molar-refractivity contribution in [3.05, 3.63) is 0 Å². The molecule has 1 rings (SSSR count). The summed E-state index contributed by atoms with van der Waals surface area (Å²) in [6, 6.07) is -0.582. The third-order valence-corrected chi connectivity index (χ3v) is 2.25. The Morgan fingerprint density at radius 3 is 2.71 bits per heavy atom. The fourth-order valence-corrected chi connectivity index (χ4v) is 1.63. The van der Waals surface area contributed by atoms with E-state index in [0.717, 1.165) is 0 Å². The van der Waals surface area contributed by atoms with Gasteiger partial charge in [0.05, 0.1) is 19.8 Å². The molecule has 0 aliphatic carbocycles. The molecule has 0 amide bonds. The van der Waals surface area contributed by atoms with Crippen molar-refractivity contribution < 1.29 is 23.0 Å². The number of aliphatic hydroxyl groups excluding tert-OH is 1. The molecule has 1 fully saturated rings. The van der Waals surface area contributed by atoms with Crippen molar-refractivity contribution in [2.24, 2.45) is 0 Å². The van der Waals surface area contributed by atoms with E-state index >= 15 is 0 Å². The molecule has 14 heavy (non-hydrogen) atoms. The predicted octanol–water partition coefficient (Wildman–Crippen LogP) is 0.980. The van der Waals surface area contributed by atoms with Crippen LogP contribution in [0.3, 0.4) is 0 Å². The zero-order chi connectivity index (χ0) is 10.6. The quantitative estimate of drug-likeness (QED) is 0.558. The van der Waals surface area contributed by atoms with Crippen LogP contribution in [-0.4, -0.2) is 48.7 Å². The average molecular weight is 213 g/mol. The van der Waals surface area contributed by atoms with Gasteiger partial charge in [0.25, 0.3) is 0 Å². The number of aliphatic hydroxyl groups is 1. The molecule has 84 valence electrons. The van der Waals surface area contributed by atoms with Gasteiger partial charge in [-0.15, -0.1) is 0 Å². The van der Waals surface area contributed by atoms with Crippen molar-refractivity contribution in [3.8, 4) is 0 Å². The molecule has 0 saturated carbocycles. The van der Waals surface area contributed by atoms with Gasteiger partial charge in [-0.25, -0.2) is 4.90 Å². The van der Waals surface area contributed by atoms with E-state index in [1.54, 1.807) is 0 Å². The smallest absolute Gasteiger partial charge is 0.394 e. The predicted molar refractivity (Wildman–Crippen MR) is 43.7 cm³/mol. The van der Waals surface area contributed by atoms with Crippen LogP contribution in [0.2, 0.25) is 0 Å². The minimum Gasteiger partial charge on any atom is -0.394 e. The molecular formula is C8H14F3NO2. The summed E-state index contributed by atoms with van der Waals surface area (Å²) in [4.78, 5) is 0.504. The van der Waals surface area contributed by atoms with E-state index in [1.807, 2.05) is 0 Å². The molecule has 0 aromatic carbocycles. The summed E-state index contributed by atoms with van der Waals surface area (Å²) < 4.78 is 41.9. The Labute approximate surface area is 80.5 Å². The number of hydrogen-bond donors (Lipinski definition) is 1. The molecule has 1 atom stereocenters. The lowest BCUT2D eigenvalue weighted by Gasteiger charge is -2.26. The summed E-state index contributed by atoms with van der Waals surface area (Å²) in [7, 11) is 0. The fourth-order valence-electron chi connectivity index (χ4n) is 1.63. The van der Waals surface area contributed by atoms with Crippen LogP contribution in [-0.2, 0) is 4.74 Å². The Balaban J connectivity index is 2.36. The van der Waals surface area contributed by atoms with E-state index in [2.05, 4.69) is 0 Å². The number of nitrogens with zero attached hydrogens (tertiary/aromatic N) is 1. The van der Waals surface area contributed by atoms with E-state index in [0.29, 0.717) is 17.7 Å². The number of hydrogen-bond acceptors (Lipinski definition) is 3. The van der Waals surface area contributed by atoms with Crippen molar-refractivity contribution in [1.82, 2.24) is 4.90 Å². The lowest BCUT2D eigenvalue weighted by molar-refractivity contribution is -0.253. The summed E-state index contributed by atoms with van der Waals surface area (Å²) in [5.41, 5.74) is 0. The molecule has 0 bridgehead atoms. The van der Waals surface area contributed by atoms with Gasteiger partial charge in [0.15, 0.2) is 0 Å². The molecule has 1 saturated heterocycles. The van der Waals surface area contributed by atoms with E-state index < -0.39 is 12.3 Å². The highest BCUT2D eigenvalue weighted by Crippen LogP contribution is 2.30. The van der Waals surface area contributed by atoms with Crippen LogP contribution in [0.15, 0.2) is 0 Å². The van der Waals surface area contributed by atoms with Crippen molar-refractivity contribution in [2.75, 3.05) is 26.4 Å². The molecule has 6 heteroatoms. The molecule has 0 spiro atoms. The Morgan fingerprint density at radius 1 is 1.43 bits per heavy atom. The van der Waals surface area contributed by atoms with Crippen LogP contribution in [0.25, 0.3) is 0 Å². The standard InChI is InChI=1S/C8H14F3NO2/c9-8(10,11)12-3-1-2-7(12)6-14-5-4-13/h7,13H,1-6H2. The first-order chi connectivity index (χ1) is 6.55. The number of rotatable bonds is 4. The Bertz CT molecular complexity index is 174. The third-order valence-electron chi connectivity index (χ3n) is 2.25. The highest BCUT2D eigenvalue weighted by atomic mass is 19.4. The maximum absolute atomic E-state index is 12.3. The molecule has 1 N–H and O–H groups in total. The molecule has 1 aliphatic heterocycles. The highest BCUT2D eigenvalue weighted by molar-refractivity contribution is 4.80. The summed E-state index contributed by atoms with van der Waals surface area (Å²) in [6.07, 6.45) is -3.21. The second kappa shape index (κ2) is 4.95. The van der Waals surface area contributed by atoms with Gasteiger partial charge in [0.2, 0.25) is 0 Å². The first-order valence-electron chi connectivity index (χ1n) is 4.58. The van der Waals surface area contributed by atoms with Gasteiger partial charge in [-0.1, -0.05) is 0 Å². The molecule has 0 radical (unpaired) electrons. The van der Waals surface area contributed by atoms with Gasteiger partial charge in [-0.3, -0.25) is 0 Å². The van der Waals surface area contributed by atoms with Crippen LogP contribution in [0.1, 0.15) is 12.8 Å². The van der Waals surface area contributed by atoms with Crippen LogP contribution in [0.4, 0.5) is 13.2 Å². The molecule has 1 heterocycles. The number of likely N-dealkylation sites (tertiary alicyclic amines) is 1. The molecule has 1 aliphatic rings. The largest absolute Gasteiger partial charge is 0.460 e. The van der Waals surface area contributed by atoms with Gasteiger partial charge in [0, 0.05) is 12.6 Å². The lowest BCUT2D eigenvalue weighted by Crippen LogP contribution is -2.43. The topological polar surface area (TPSA) is 32.7 Å². The van der Waals surface area contributed by atoms with Gasteiger partial charge in [-0.05, 0) is 12.8 Å². The zero-order valence-electron chi connectivity index (χ0n) is 7.76. The number of halogens is 3. The molecule has 0 aromatic heterocycles. The van der Waals surface area contributed by atoms with Crippen LogP contribution >= 0.6 is 0 Å². The first kappa shape index (κ1) is 11.7. The third kappa shape index (κ3) is 3.11. The van der Waals surface area contributed by atoms with E-state index in [1.165, 1.54) is 0 Å². The SMILES string of the molecule is OCCOCC1CCCN1C(F)(F)F. The average Bonchev–Trinajstić information content (AvgIpc) is 2.52. The van der Waals surface area contributed by atoms with Gasteiger partial charge in [-0.2, -0.15) is 13.2 Å². The minimum absolute atomic E-state index is 0.0417. The van der Waals surface area contributed by atoms with Gasteiger partial charge in [0.1, 0.15) is 0 Å². The summed E-state index contributed by atoms with van der Waals surface area (Å²) in [6.45, 7) is 0.0393. The second-order valence-corrected chi connectivity index (χ2v) is 3.26. The summed E-state index contributed by atoms with van der Waals surface area (Å²) in [5.74, 6) is 0. The molecule has 0 aromatic rings. The molecular weight excluding hydrogens is 199 g/mol. The van der Waals surface area contributed by atoms with Crippen molar-refractivity contribution in [3.63, 3.8) is 0 Å². The second-order valence-electron chi connectivity index (χ2n) is 3.26. The van der Waals surface area contributed by atoms with Gasteiger partial charge < -0.3 is 9.84 Å². The Hall–Kier alpha value is -0.330. The minimum atomic E-state index is -4.26. The monoisotopic (exact) mass is 213 g/mol. The maximum Gasteiger partial charge on any atom is 0.460 e. The highest BCUT2D eigenvalue weighted by Gasteiger charge is 2.44.